The van der Waals surface area contributed by atoms with E-state index in [9.17, 15) is 4.39 Å². The quantitative estimate of drug-likeness (QED) is 0.568. The van der Waals surface area contributed by atoms with Crippen LogP contribution in [0.4, 0.5) is 10.1 Å². The molecule has 0 spiro atoms. The van der Waals surface area contributed by atoms with Crippen LogP contribution in [-0.2, 0) is 6.54 Å². The molecule has 0 fully saturated rings. The number of anilines is 1. The molecule has 2 heterocycles. The van der Waals surface area contributed by atoms with Crippen molar-refractivity contribution in [1.29, 1.82) is 0 Å². The van der Waals surface area contributed by atoms with Crippen molar-refractivity contribution in [2.75, 3.05) is 5.32 Å². The van der Waals surface area contributed by atoms with Gasteiger partial charge in [-0.1, -0.05) is 17.7 Å². The van der Waals surface area contributed by atoms with Crippen LogP contribution in [-0.4, -0.2) is 20.6 Å². The van der Waals surface area contributed by atoms with Crippen molar-refractivity contribution in [2.24, 2.45) is 0 Å². The first kappa shape index (κ1) is 15.6. The fourth-order valence-corrected chi connectivity index (χ4v) is 2.71. The molecule has 2 aromatic heterocycles. The molecule has 126 valence electrons. The van der Waals surface area contributed by atoms with Crippen LogP contribution in [0.3, 0.4) is 0 Å². The molecule has 8 heteroatoms. The van der Waals surface area contributed by atoms with Gasteiger partial charge >= 0.3 is 0 Å². The smallest absolute Gasteiger partial charge is 0.215 e. The summed E-state index contributed by atoms with van der Waals surface area (Å²) in [5, 5.41) is 18.0. The first-order chi connectivity index (χ1) is 12.1. The lowest BCUT2D eigenvalue weighted by atomic mass is 10.1. The summed E-state index contributed by atoms with van der Waals surface area (Å²) in [5.74, 6) is 0.496. The second-order valence-corrected chi connectivity index (χ2v) is 6.07. The van der Waals surface area contributed by atoms with Crippen LogP contribution in [0.15, 0.2) is 40.8 Å². The van der Waals surface area contributed by atoms with Crippen molar-refractivity contribution >= 4 is 28.3 Å². The Bertz CT molecular complexity index is 1040. The summed E-state index contributed by atoms with van der Waals surface area (Å²) >= 11 is 6.11. The molecule has 0 radical (unpaired) electrons. The highest BCUT2D eigenvalue weighted by Crippen LogP contribution is 2.28. The second kappa shape index (κ2) is 6.18. The van der Waals surface area contributed by atoms with Gasteiger partial charge in [0.15, 0.2) is 5.76 Å². The van der Waals surface area contributed by atoms with Crippen molar-refractivity contribution < 1.29 is 8.81 Å². The zero-order valence-corrected chi connectivity index (χ0v) is 13.9. The number of nitrogens with one attached hydrogen (secondary N) is 2. The Morgan fingerprint density at radius 2 is 2.12 bits per heavy atom. The van der Waals surface area contributed by atoms with E-state index in [2.05, 4.69) is 25.9 Å². The molecule has 0 unspecified atom stereocenters. The van der Waals surface area contributed by atoms with Gasteiger partial charge in [-0.2, -0.15) is 0 Å². The zero-order chi connectivity index (χ0) is 17.4. The topological polar surface area (TPSA) is 79.6 Å². The predicted octanol–water partition coefficient (Wildman–Crippen LogP) is 4.33. The molecule has 0 atom stereocenters. The highest BCUT2D eigenvalue weighted by molar-refractivity contribution is 6.31. The lowest BCUT2D eigenvalue weighted by Crippen LogP contribution is -2.01. The van der Waals surface area contributed by atoms with E-state index in [1.54, 1.807) is 12.1 Å². The van der Waals surface area contributed by atoms with Crippen molar-refractivity contribution in [3.05, 3.63) is 58.4 Å². The normalized spacial score (nSPS) is 11.2. The highest BCUT2D eigenvalue weighted by Gasteiger charge is 2.13. The number of H-pyrrole nitrogens is 1. The molecular weight excluding hydrogens is 345 g/mol. The van der Waals surface area contributed by atoms with Crippen LogP contribution in [0.25, 0.3) is 22.6 Å². The minimum atomic E-state index is -0.352. The molecule has 0 aliphatic carbocycles. The summed E-state index contributed by atoms with van der Waals surface area (Å²) < 4.78 is 19.9. The van der Waals surface area contributed by atoms with Gasteiger partial charge in [0.05, 0.1) is 0 Å². The number of hydrogen-bond acceptors (Lipinski definition) is 5. The van der Waals surface area contributed by atoms with Crippen LogP contribution in [0.5, 0.6) is 0 Å². The Kier molecular flexibility index (Phi) is 3.85. The number of furan rings is 1. The summed E-state index contributed by atoms with van der Waals surface area (Å²) in [7, 11) is 0. The first-order valence-electron chi connectivity index (χ1n) is 7.56. The van der Waals surface area contributed by atoms with Crippen LogP contribution < -0.4 is 5.32 Å². The number of rotatable bonds is 4. The molecule has 0 bridgehead atoms. The zero-order valence-electron chi connectivity index (χ0n) is 13.2. The molecule has 0 saturated heterocycles. The van der Waals surface area contributed by atoms with Crippen LogP contribution in [0.2, 0.25) is 5.02 Å². The molecule has 4 aromatic rings. The van der Waals surface area contributed by atoms with Gasteiger partial charge in [-0.15, -0.1) is 5.10 Å². The van der Waals surface area contributed by atoms with Gasteiger partial charge in [-0.25, -0.2) is 9.49 Å². The van der Waals surface area contributed by atoms with Crippen molar-refractivity contribution in [3.63, 3.8) is 0 Å². The lowest BCUT2D eigenvalue weighted by Gasteiger charge is -2.09. The SMILES string of the molecule is Cc1ccc(NCc2cc3cc(-c4nnn[nH]4)oc3cc2F)cc1Cl. The van der Waals surface area contributed by atoms with Gasteiger partial charge in [-0.05, 0) is 47.2 Å². The Labute approximate surface area is 147 Å². The summed E-state index contributed by atoms with van der Waals surface area (Å²) in [6.45, 7) is 2.26. The van der Waals surface area contributed by atoms with E-state index in [1.165, 1.54) is 6.07 Å². The fourth-order valence-electron chi connectivity index (χ4n) is 2.53. The van der Waals surface area contributed by atoms with E-state index in [0.29, 0.717) is 34.3 Å². The van der Waals surface area contributed by atoms with E-state index < -0.39 is 0 Å². The summed E-state index contributed by atoms with van der Waals surface area (Å²) in [5.41, 5.74) is 2.78. The van der Waals surface area contributed by atoms with E-state index in [0.717, 1.165) is 16.6 Å². The molecule has 4 rings (SSSR count). The first-order valence-corrected chi connectivity index (χ1v) is 7.94. The molecular formula is C17H13ClFN5O. The maximum atomic E-state index is 14.3. The van der Waals surface area contributed by atoms with Gasteiger partial charge in [0, 0.05) is 34.3 Å². The number of hydrogen-bond donors (Lipinski definition) is 2. The lowest BCUT2D eigenvalue weighted by molar-refractivity contribution is 0.596. The van der Waals surface area contributed by atoms with Crippen LogP contribution >= 0.6 is 11.6 Å². The minimum Gasteiger partial charge on any atom is -0.453 e. The molecule has 2 aromatic carbocycles. The average molecular weight is 358 g/mol. The molecule has 0 amide bonds. The van der Waals surface area contributed by atoms with Gasteiger partial charge < -0.3 is 9.73 Å². The van der Waals surface area contributed by atoms with E-state index in [1.807, 2.05) is 25.1 Å². The number of benzene rings is 2. The van der Waals surface area contributed by atoms with E-state index in [4.69, 9.17) is 16.0 Å². The van der Waals surface area contributed by atoms with Crippen molar-refractivity contribution in [2.45, 2.75) is 13.5 Å². The fraction of sp³-hybridized carbons (Fsp3) is 0.118. The second-order valence-electron chi connectivity index (χ2n) is 5.66. The number of nitrogens with zero attached hydrogens (tertiary/aromatic N) is 3. The van der Waals surface area contributed by atoms with Gasteiger partial charge in [0.1, 0.15) is 11.4 Å². The van der Waals surface area contributed by atoms with Crippen LogP contribution in [0.1, 0.15) is 11.1 Å². The number of aromatic nitrogens is 4. The maximum absolute atomic E-state index is 14.3. The Morgan fingerprint density at radius 3 is 2.88 bits per heavy atom. The molecule has 0 aliphatic heterocycles. The van der Waals surface area contributed by atoms with Crippen molar-refractivity contribution in [1.82, 2.24) is 20.6 Å². The number of tetrazole rings is 1. The Balaban J connectivity index is 1.60. The Hall–Kier alpha value is -2.93. The highest BCUT2D eigenvalue weighted by atomic mass is 35.5. The van der Waals surface area contributed by atoms with Gasteiger partial charge in [-0.3, -0.25) is 0 Å². The third kappa shape index (κ3) is 3.06. The molecule has 0 saturated carbocycles. The molecule has 6 nitrogen and oxygen atoms in total. The monoisotopic (exact) mass is 357 g/mol. The van der Waals surface area contributed by atoms with Crippen molar-refractivity contribution in [3.8, 4) is 11.6 Å². The minimum absolute atomic E-state index is 0.325. The number of aromatic amines is 1. The molecule has 25 heavy (non-hydrogen) atoms. The van der Waals surface area contributed by atoms with Crippen LogP contribution in [0, 0.1) is 12.7 Å². The summed E-state index contributed by atoms with van der Waals surface area (Å²) in [4.78, 5) is 0. The van der Waals surface area contributed by atoms with E-state index in [-0.39, 0.29) is 5.82 Å². The number of aryl methyl sites for hydroxylation is 1. The average Bonchev–Trinajstić information content (AvgIpc) is 3.24. The molecule has 0 aliphatic rings. The largest absolute Gasteiger partial charge is 0.453 e. The summed E-state index contributed by atoms with van der Waals surface area (Å²) in [6.07, 6.45) is 0. The van der Waals surface area contributed by atoms with E-state index >= 15 is 0 Å². The third-order valence-corrected chi connectivity index (χ3v) is 4.33. The number of fused-ring (bicyclic) bond motifs is 1. The standard InChI is InChI=1S/C17H13ClFN5O/c1-9-2-3-12(6-13(9)18)20-8-11-4-10-5-16(17-21-23-24-22-17)25-15(10)7-14(11)19/h2-7,20H,8H2,1H3,(H,21,22,23,24). The van der Waals surface area contributed by atoms with Gasteiger partial charge in [0.25, 0.3) is 0 Å². The maximum Gasteiger partial charge on any atom is 0.215 e. The van der Waals surface area contributed by atoms with Gasteiger partial charge in [0.2, 0.25) is 5.82 Å². The predicted molar refractivity (Wildman–Crippen MR) is 92.9 cm³/mol. The summed E-state index contributed by atoms with van der Waals surface area (Å²) in [6, 6.07) is 10.5. The molecule has 2 N–H and O–H groups in total. The third-order valence-electron chi connectivity index (χ3n) is 3.92. The Morgan fingerprint density at radius 1 is 1.24 bits per heavy atom. The number of halogens is 2.